The van der Waals surface area contributed by atoms with Crippen LogP contribution < -0.4 is 10.6 Å². The maximum atomic E-state index is 5.34. The van der Waals surface area contributed by atoms with Crippen molar-refractivity contribution in [3.05, 3.63) is 70.8 Å². The van der Waals surface area contributed by atoms with Crippen LogP contribution in [0.5, 0.6) is 0 Å². The third-order valence-electron chi connectivity index (χ3n) is 3.85. The molecular formula is C20H26N2S. The molecule has 122 valence electrons. The van der Waals surface area contributed by atoms with E-state index in [-0.39, 0.29) is 5.41 Å². The number of benzene rings is 2. The standard InChI is InChI=1S/C20H26N2S/c1-15-5-7-16(8-6-15)13-21-19(23)22-14-17-9-11-18(12-10-17)20(2,3)4/h5-12H,13-14H2,1-4H3,(H2,21,22,23). The van der Waals surface area contributed by atoms with Gasteiger partial charge in [0, 0.05) is 13.1 Å². The second-order valence-electron chi connectivity index (χ2n) is 6.97. The van der Waals surface area contributed by atoms with Crippen molar-refractivity contribution >= 4 is 17.3 Å². The molecule has 2 aromatic rings. The number of aryl methyl sites for hydroxylation is 1. The minimum Gasteiger partial charge on any atom is -0.359 e. The average Bonchev–Trinajstić information content (AvgIpc) is 2.52. The molecule has 3 heteroatoms. The van der Waals surface area contributed by atoms with E-state index in [4.69, 9.17) is 12.2 Å². The maximum Gasteiger partial charge on any atom is 0.166 e. The van der Waals surface area contributed by atoms with Gasteiger partial charge in [0.05, 0.1) is 0 Å². The Labute approximate surface area is 145 Å². The highest BCUT2D eigenvalue weighted by Crippen LogP contribution is 2.22. The fourth-order valence-electron chi connectivity index (χ4n) is 2.26. The van der Waals surface area contributed by atoms with Crippen LogP contribution in [0.25, 0.3) is 0 Å². The quantitative estimate of drug-likeness (QED) is 0.811. The zero-order chi connectivity index (χ0) is 16.9. The first-order valence-electron chi connectivity index (χ1n) is 8.01. The van der Waals surface area contributed by atoms with Gasteiger partial charge in [0.25, 0.3) is 0 Å². The van der Waals surface area contributed by atoms with Crippen molar-refractivity contribution in [3.63, 3.8) is 0 Å². The molecule has 0 heterocycles. The highest BCUT2D eigenvalue weighted by Gasteiger charge is 2.12. The van der Waals surface area contributed by atoms with Gasteiger partial charge in [-0.1, -0.05) is 74.9 Å². The van der Waals surface area contributed by atoms with E-state index < -0.39 is 0 Å². The molecule has 2 aromatic carbocycles. The summed E-state index contributed by atoms with van der Waals surface area (Å²) in [5, 5.41) is 7.19. The van der Waals surface area contributed by atoms with E-state index in [1.54, 1.807) is 0 Å². The van der Waals surface area contributed by atoms with Gasteiger partial charge in [0.2, 0.25) is 0 Å². The van der Waals surface area contributed by atoms with Gasteiger partial charge in [-0.05, 0) is 41.2 Å². The summed E-state index contributed by atoms with van der Waals surface area (Å²) in [5.74, 6) is 0. The lowest BCUT2D eigenvalue weighted by atomic mass is 9.87. The number of nitrogens with one attached hydrogen (secondary N) is 2. The van der Waals surface area contributed by atoms with Crippen LogP contribution in [-0.2, 0) is 18.5 Å². The predicted molar refractivity (Wildman–Crippen MR) is 103 cm³/mol. The summed E-state index contributed by atoms with van der Waals surface area (Å²) >= 11 is 5.34. The molecule has 0 aromatic heterocycles. The van der Waals surface area contributed by atoms with Gasteiger partial charge < -0.3 is 10.6 Å². The van der Waals surface area contributed by atoms with E-state index in [1.165, 1.54) is 22.3 Å². The van der Waals surface area contributed by atoms with Crippen molar-refractivity contribution in [2.24, 2.45) is 0 Å². The lowest BCUT2D eigenvalue weighted by Crippen LogP contribution is -2.34. The Kier molecular flexibility index (Phi) is 5.78. The van der Waals surface area contributed by atoms with E-state index in [9.17, 15) is 0 Å². The Morgan fingerprint density at radius 3 is 1.70 bits per heavy atom. The molecule has 0 bridgehead atoms. The van der Waals surface area contributed by atoms with Gasteiger partial charge in [0.1, 0.15) is 0 Å². The van der Waals surface area contributed by atoms with Crippen LogP contribution in [0.15, 0.2) is 48.5 Å². The molecule has 2 nitrogen and oxygen atoms in total. The first-order valence-corrected chi connectivity index (χ1v) is 8.42. The van der Waals surface area contributed by atoms with Gasteiger partial charge in [-0.15, -0.1) is 0 Å². The third-order valence-corrected chi connectivity index (χ3v) is 4.14. The first kappa shape index (κ1) is 17.5. The Hall–Kier alpha value is -1.87. The summed E-state index contributed by atoms with van der Waals surface area (Å²) in [5.41, 5.74) is 5.28. The topological polar surface area (TPSA) is 24.1 Å². The summed E-state index contributed by atoms with van der Waals surface area (Å²) in [6.07, 6.45) is 0. The summed E-state index contributed by atoms with van der Waals surface area (Å²) in [4.78, 5) is 0. The minimum atomic E-state index is 0.191. The monoisotopic (exact) mass is 326 g/mol. The van der Waals surface area contributed by atoms with Crippen molar-refractivity contribution in [2.75, 3.05) is 0 Å². The minimum absolute atomic E-state index is 0.191. The van der Waals surface area contributed by atoms with Crippen molar-refractivity contribution in [1.29, 1.82) is 0 Å². The molecule has 0 radical (unpaired) electrons. The van der Waals surface area contributed by atoms with Crippen LogP contribution in [0.3, 0.4) is 0 Å². The van der Waals surface area contributed by atoms with Crippen molar-refractivity contribution < 1.29 is 0 Å². The van der Waals surface area contributed by atoms with E-state index in [0.717, 1.165) is 13.1 Å². The average molecular weight is 327 g/mol. The Morgan fingerprint density at radius 2 is 1.26 bits per heavy atom. The number of hydrogen-bond donors (Lipinski definition) is 2. The fraction of sp³-hybridized carbons (Fsp3) is 0.350. The molecule has 0 aliphatic heterocycles. The predicted octanol–water partition coefficient (Wildman–Crippen LogP) is 4.46. The number of hydrogen-bond acceptors (Lipinski definition) is 1. The van der Waals surface area contributed by atoms with Crippen molar-refractivity contribution in [1.82, 2.24) is 10.6 Å². The number of rotatable bonds is 4. The van der Waals surface area contributed by atoms with Crippen molar-refractivity contribution in [3.8, 4) is 0 Å². The van der Waals surface area contributed by atoms with Crippen LogP contribution in [0, 0.1) is 6.92 Å². The lowest BCUT2D eigenvalue weighted by Gasteiger charge is -2.19. The van der Waals surface area contributed by atoms with E-state index >= 15 is 0 Å². The van der Waals surface area contributed by atoms with E-state index in [0.29, 0.717) is 5.11 Å². The van der Waals surface area contributed by atoms with Crippen LogP contribution in [0.4, 0.5) is 0 Å². The molecule has 2 N–H and O–H groups in total. The van der Waals surface area contributed by atoms with Crippen LogP contribution in [-0.4, -0.2) is 5.11 Å². The lowest BCUT2D eigenvalue weighted by molar-refractivity contribution is 0.590. The molecule has 0 amide bonds. The molecule has 0 saturated heterocycles. The Bertz CT molecular complexity index is 637. The second-order valence-corrected chi connectivity index (χ2v) is 7.38. The SMILES string of the molecule is Cc1ccc(CNC(=S)NCc2ccc(C(C)(C)C)cc2)cc1. The van der Waals surface area contributed by atoms with Gasteiger partial charge in [-0.25, -0.2) is 0 Å². The van der Waals surface area contributed by atoms with Crippen LogP contribution in [0.1, 0.15) is 43.0 Å². The summed E-state index contributed by atoms with van der Waals surface area (Å²) in [7, 11) is 0. The molecule has 0 unspecified atom stereocenters. The highest BCUT2D eigenvalue weighted by molar-refractivity contribution is 7.80. The molecule has 0 aliphatic rings. The molecule has 2 rings (SSSR count). The van der Waals surface area contributed by atoms with Crippen LogP contribution >= 0.6 is 12.2 Å². The Balaban J connectivity index is 1.79. The normalized spacial score (nSPS) is 11.1. The second kappa shape index (κ2) is 7.60. The number of thiocarbonyl (C=S) groups is 1. The molecule has 0 spiro atoms. The zero-order valence-corrected chi connectivity index (χ0v) is 15.3. The van der Waals surface area contributed by atoms with E-state index in [1.807, 2.05) is 0 Å². The van der Waals surface area contributed by atoms with Gasteiger partial charge in [-0.3, -0.25) is 0 Å². The zero-order valence-electron chi connectivity index (χ0n) is 14.4. The summed E-state index contributed by atoms with van der Waals surface area (Å²) in [6, 6.07) is 17.2. The summed E-state index contributed by atoms with van der Waals surface area (Å²) in [6.45, 7) is 10.3. The maximum absolute atomic E-state index is 5.34. The van der Waals surface area contributed by atoms with E-state index in [2.05, 4.69) is 86.9 Å². The van der Waals surface area contributed by atoms with Gasteiger partial charge in [-0.2, -0.15) is 0 Å². The molecule has 0 atom stereocenters. The fourth-order valence-corrected chi connectivity index (χ4v) is 2.40. The van der Waals surface area contributed by atoms with Gasteiger partial charge in [0.15, 0.2) is 5.11 Å². The van der Waals surface area contributed by atoms with Gasteiger partial charge >= 0.3 is 0 Å². The third kappa shape index (κ3) is 5.68. The molecule has 23 heavy (non-hydrogen) atoms. The molecule has 0 aliphatic carbocycles. The van der Waals surface area contributed by atoms with Crippen LogP contribution in [0.2, 0.25) is 0 Å². The Morgan fingerprint density at radius 1 is 0.826 bits per heavy atom. The largest absolute Gasteiger partial charge is 0.359 e. The smallest absolute Gasteiger partial charge is 0.166 e. The molecular weight excluding hydrogens is 300 g/mol. The summed E-state index contributed by atoms with van der Waals surface area (Å²) < 4.78 is 0. The first-order chi connectivity index (χ1) is 10.8. The highest BCUT2D eigenvalue weighted by atomic mass is 32.1. The molecule has 0 saturated carbocycles. The van der Waals surface area contributed by atoms with Crippen molar-refractivity contribution in [2.45, 2.75) is 46.2 Å². The molecule has 0 fully saturated rings.